The summed E-state index contributed by atoms with van der Waals surface area (Å²) in [6.45, 7) is 0. The largest absolute Gasteiger partial charge is 0.330 e. The summed E-state index contributed by atoms with van der Waals surface area (Å²) in [7, 11) is 0. The Kier molecular flexibility index (Phi) is 3.52. The molecule has 3 aromatic rings. The molecule has 19 heavy (non-hydrogen) atoms. The van der Waals surface area contributed by atoms with Gasteiger partial charge in [-0.2, -0.15) is 0 Å². The fraction of sp³-hybridized carbons (Fsp3) is 0.0714. The van der Waals surface area contributed by atoms with Crippen molar-refractivity contribution in [2.45, 2.75) is 4.90 Å². The zero-order valence-corrected chi connectivity index (χ0v) is 13.4. The van der Waals surface area contributed by atoms with E-state index in [9.17, 15) is 0 Å². The minimum absolute atomic E-state index is 0.713. The Labute approximate surface area is 129 Å². The van der Waals surface area contributed by atoms with Gasteiger partial charge in [-0.1, -0.05) is 15.9 Å². The van der Waals surface area contributed by atoms with Crippen LogP contribution in [-0.2, 0) is 0 Å². The van der Waals surface area contributed by atoms with Crippen LogP contribution in [-0.4, -0.2) is 15.8 Å². The van der Waals surface area contributed by atoms with Gasteiger partial charge in [-0.25, -0.2) is 0 Å². The number of thioether (sulfide) groups is 1. The fourth-order valence-corrected chi connectivity index (χ4v) is 3.13. The average Bonchev–Trinajstić information content (AvgIpc) is 2.74. The zero-order valence-electron chi connectivity index (χ0n) is 10.2. The number of rotatable bonds is 2. The smallest absolute Gasteiger partial charge is 0.182 e. The lowest BCUT2D eigenvalue weighted by atomic mass is 10.3. The van der Waals surface area contributed by atoms with Gasteiger partial charge < -0.3 is 4.98 Å². The first-order valence-corrected chi connectivity index (χ1v) is 8.16. The number of halogens is 1. The van der Waals surface area contributed by atoms with Crippen molar-refractivity contribution in [3.05, 3.63) is 51.7 Å². The van der Waals surface area contributed by atoms with Gasteiger partial charge >= 0.3 is 0 Å². The molecule has 0 spiro atoms. The van der Waals surface area contributed by atoms with E-state index in [4.69, 9.17) is 12.2 Å². The van der Waals surface area contributed by atoms with Gasteiger partial charge in [0.05, 0.1) is 11.0 Å². The maximum absolute atomic E-state index is 5.43. The summed E-state index contributed by atoms with van der Waals surface area (Å²) in [5, 5.41) is 0. The quantitative estimate of drug-likeness (QED) is 0.508. The van der Waals surface area contributed by atoms with Crippen LogP contribution in [0, 0.1) is 4.77 Å². The molecule has 0 aliphatic rings. The lowest BCUT2D eigenvalue weighted by Gasteiger charge is -2.05. The summed E-state index contributed by atoms with van der Waals surface area (Å²) in [6, 6.07) is 14.5. The molecule has 2 nitrogen and oxygen atoms in total. The highest BCUT2D eigenvalue weighted by atomic mass is 79.9. The molecule has 3 rings (SSSR count). The molecule has 1 N–H and O–H groups in total. The molecule has 0 saturated carbocycles. The van der Waals surface area contributed by atoms with Gasteiger partial charge in [0, 0.05) is 15.1 Å². The molecule has 0 radical (unpaired) electrons. The van der Waals surface area contributed by atoms with Gasteiger partial charge in [-0.05, 0) is 60.9 Å². The van der Waals surface area contributed by atoms with E-state index in [0.717, 1.165) is 21.2 Å². The molecule has 1 aromatic heterocycles. The number of hydrogen-bond donors (Lipinski definition) is 1. The first kappa shape index (κ1) is 13.0. The first-order valence-electron chi connectivity index (χ1n) is 5.74. The molecule has 0 amide bonds. The average molecular weight is 351 g/mol. The molecule has 0 unspecified atom stereocenters. The number of aromatic nitrogens is 2. The third-order valence-electron chi connectivity index (χ3n) is 2.98. The highest BCUT2D eigenvalue weighted by Crippen LogP contribution is 2.24. The molecule has 0 aliphatic carbocycles. The Bertz CT molecular complexity index is 787. The Balaban J connectivity index is 2.25. The second-order valence-electron chi connectivity index (χ2n) is 4.13. The number of imidazole rings is 1. The van der Waals surface area contributed by atoms with Gasteiger partial charge in [0.15, 0.2) is 4.77 Å². The number of nitrogens with one attached hydrogen (secondary N) is 1. The maximum Gasteiger partial charge on any atom is 0.182 e. The third-order valence-corrected chi connectivity index (χ3v) is 4.50. The molecule has 1 heterocycles. The number of hydrogen-bond acceptors (Lipinski definition) is 2. The number of nitrogens with zero attached hydrogens (tertiary/aromatic N) is 1. The molecular weight excluding hydrogens is 340 g/mol. The predicted octanol–water partition coefficient (Wildman–Crippen LogP) is 5.17. The first-order chi connectivity index (χ1) is 9.19. The van der Waals surface area contributed by atoms with Gasteiger partial charge in [0.1, 0.15) is 0 Å². The van der Waals surface area contributed by atoms with Crippen LogP contribution in [0.25, 0.3) is 16.7 Å². The van der Waals surface area contributed by atoms with E-state index in [1.165, 1.54) is 4.90 Å². The van der Waals surface area contributed by atoms with Crippen molar-refractivity contribution in [1.82, 2.24) is 9.55 Å². The lowest BCUT2D eigenvalue weighted by molar-refractivity contribution is 1.06. The summed E-state index contributed by atoms with van der Waals surface area (Å²) < 4.78 is 3.81. The number of aromatic amines is 1. The van der Waals surface area contributed by atoms with E-state index < -0.39 is 0 Å². The van der Waals surface area contributed by atoms with Crippen molar-refractivity contribution < 1.29 is 0 Å². The summed E-state index contributed by atoms with van der Waals surface area (Å²) in [6.07, 6.45) is 2.07. The van der Waals surface area contributed by atoms with Crippen molar-refractivity contribution in [3.63, 3.8) is 0 Å². The number of benzene rings is 2. The SMILES string of the molecule is CSc1ccc(-n2c(=S)[nH]c3ccc(Br)cc32)cc1. The van der Waals surface area contributed by atoms with Crippen LogP contribution in [0.4, 0.5) is 0 Å². The van der Waals surface area contributed by atoms with E-state index >= 15 is 0 Å². The molecule has 0 saturated heterocycles. The van der Waals surface area contributed by atoms with Crippen LogP contribution in [0.5, 0.6) is 0 Å². The van der Waals surface area contributed by atoms with Crippen LogP contribution >= 0.6 is 39.9 Å². The fourth-order valence-electron chi connectivity index (χ4n) is 2.06. The van der Waals surface area contributed by atoms with Crippen molar-refractivity contribution in [3.8, 4) is 5.69 Å². The van der Waals surface area contributed by atoms with E-state index in [1.54, 1.807) is 11.8 Å². The van der Waals surface area contributed by atoms with E-state index in [-0.39, 0.29) is 0 Å². The zero-order chi connectivity index (χ0) is 13.4. The van der Waals surface area contributed by atoms with Crippen LogP contribution in [0.3, 0.4) is 0 Å². The summed E-state index contributed by atoms with van der Waals surface area (Å²) in [5.41, 5.74) is 3.20. The highest BCUT2D eigenvalue weighted by molar-refractivity contribution is 9.10. The standard InChI is InChI=1S/C14H11BrN2S2/c1-19-11-5-3-10(4-6-11)17-13-8-9(15)2-7-12(13)16-14(17)18/h2-8H,1H3,(H,16,18). The molecule has 5 heteroatoms. The monoisotopic (exact) mass is 350 g/mol. The molecule has 0 aliphatic heterocycles. The Morgan fingerprint density at radius 1 is 1.16 bits per heavy atom. The Hall–Kier alpha value is -1.04. The van der Waals surface area contributed by atoms with Crippen molar-refractivity contribution in [2.75, 3.05) is 6.26 Å². The number of fused-ring (bicyclic) bond motifs is 1. The topological polar surface area (TPSA) is 20.7 Å². The van der Waals surface area contributed by atoms with E-state index in [0.29, 0.717) is 4.77 Å². The molecule has 0 fully saturated rings. The van der Waals surface area contributed by atoms with Gasteiger partial charge in [0.25, 0.3) is 0 Å². The summed E-state index contributed by atoms with van der Waals surface area (Å²) in [5.74, 6) is 0. The second kappa shape index (κ2) is 5.15. The molecule has 2 aromatic carbocycles. The molecule has 0 atom stereocenters. The minimum Gasteiger partial charge on any atom is -0.330 e. The van der Waals surface area contributed by atoms with Crippen LogP contribution in [0.1, 0.15) is 0 Å². The molecule has 0 bridgehead atoms. The number of H-pyrrole nitrogens is 1. The third kappa shape index (κ3) is 2.38. The van der Waals surface area contributed by atoms with Gasteiger partial charge in [0.2, 0.25) is 0 Å². The van der Waals surface area contributed by atoms with Crippen molar-refractivity contribution in [1.29, 1.82) is 0 Å². The van der Waals surface area contributed by atoms with Crippen LogP contribution in [0.15, 0.2) is 51.8 Å². The van der Waals surface area contributed by atoms with Crippen LogP contribution < -0.4 is 0 Å². The summed E-state index contributed by atoms with van der Waals surface area (Å²) >= 11 is 10.7. The highest BCUT2D eigenvalue weighted by Gasteiger charge is 2.06. The molecular formula is C14H11BrN2S2. The minimum atomic E-state index is 0.713. The Morgan fingerprint density at radius 2 is 1.89 bits per heavy atom. The van der Waals surface area contributed by atoms with Crippen molar-refractivity contribution >= 4 is 50.9 Å². The van der Waals surface area contributed by atoms with E-state index in [1.807, 2.05) is 12.1 Å². The lowest BCUT2D eigenvalue weighted by Crippen LogP contribution is -1.93. The van der Waals surface area contributed by atoms with Crippen LogP contribution in [0.2, 0.25) is 0 Å². The normalized spacial score (nSPS) is 11.1. The van der Waals surface area contributed by atoms with Gasteiger partial charge in [-0.15, -0.1) is 11.8 Å². The Morgan fingerprint density at radius 3 is 2.58 bits per heavy atom. The summed E-state index contributed by atoms with van der Waals surface area (Å²) in [4.78, 5) is 4.48. The van der Waals surface area contributed by atoms with Gasteiger partial charge in [-0.3, -0.25) is 4.57 Å². The van der Waals surface area contributed by atoms with Crippen molar-refractivity contribution in [2.24, 2.45) is 0 Å². The maximum atomic E-state index is 5.43. The molecule has 96 valence electrons. The predicted molar refractivity (Wildman–Crippen MR) is 87.9 cm³/mol. The second-order valence-corrected chi connectivity index (χ2v) is 6.31. The van der Waals surface area contributed by atoms with E-state index in [2.05, 4.69) is 62.1 Å².